The number of nitrogens with zero attached hydrogens (tertiary/aromatic N) is 2. The van der Waals surface area contributed by atoms with Crippen molar-refractivity contribution >= 4 is 11.9 Å². The number of amides is 1. The van der Waals surface area contributed by atoms with Gasteiger partial charge in [0.05, 0.1) is 23.0 Å². The molecule has 1 atom stereocenters. The van der Waals surface area contributed by atoms with Gasteiger partial charge in [-0.05, 0) is 55.7 Å². The predicted octanol–water partition coefficient (Wildman–Crippen LogP) is 4.66. The molecule has 1 amide bonds. The van der Waals surface area contributed by atoms with E-state index < -0.39 is 5.97 Å². The minimum absolute atomic E-state index is 0.0445. The van der Waals surface area contributed by atoms with Crippen LogP contribution in [0.15, 0.2) is 42.5 Å². The summed E-state index contributed by atoms with van der Waals surface area (Å²) in [5.41, 5.74) is 2.94. The van der Waals surface area contributed by atoms with Crippen LogP contribution in [0.25, 0.3) is 0 Å². The van der Waals surface area contributed by atoms with Crippen LogP contribution in [0.4, 0.5) is 0 Å². The van der Waals surface area contributed by atoms with Gasteiger partial charge >= 0.3 is 5.97 Å². The average Bonchev–Trinajstić information content (AvgIpc) is 3.18. The number of aromatic nitrogens is 1. The summed E-state index contributed by atoms with van der Waals surface area (Å²) in [5, 5.41) is 9.57. The van der Waals surface area contributed by atoms with Crippen LogP contribution in [0, 0.1) is 5.92 Å². The lowest BCUT2D eigenvalue weighted by atomic mass is 10.0. The van der Waals surface area contributed by atoms with E-state index in [2.05, 4.69) is 12.1 Å². The standard InChI is InChI=1S/C24H30N2O3/c1-17(2)16-23(27)26-15-7-12-22(26)21-14-13-19(24(28)29)20(25-21)11-6-10-18-8-4-3-5-9-18/h3-5,8-9,13-14,17,22H,6-7,10-12,15-16H2,1-2H3,(H,28,29)/t22-/m1/s1. The molecule has 0 radical (unpaired) electrons. The van der Waals surface area contributed by atoms with Crippen LogP contribution < -0.4 is 0 Å². The largest absolute Gasteiger partial charge is 0.478 e. The van der Waals surface area contributed by atoms with Crippen LogP contribution in [-0.2, 0) is 17.6 Å². The van der Waals surface area contributed by atoms with Gasteiger partial charge in [-0.25, -0.2) is 4.79 Å². The van der Waals surface area contributed by atoms with E-state index in [9.17, 15) is 14.7 Å². The molecule has 5 nitrogen and oxygen atoms in total. The maximum Gasteiger partial charge on any atom is 0.337 e. The first-order valence-corrected chi connectivity index (χ1v) is 10.5. The van der Waals surface area contributed by atoms with Gasteiger partial charge in [-0.2, -0.15) is 0 Å². The second-order valence-corrected chi connectivity index (χ2v) is 8.22. The maximum atomic E-state index is 12.6. The van der Waals surface area contributed by atoms with Crippen molar-refractivity contribution in [2.24, 2.45) is 5.92 Å². The molecule has 2 aromatic rings. The second kappa shape index (κ2) is 9.68. The van der Waals surface area contributed by atoms with Crippen molar-refractivity contribution in [2.75, 3.05) is 6.54 Å². The van der Waals surface area contributed by atoms with Crippen molar-refractivity contribution in [3.05, 3.63) is 65.0 Å². The van der Waals surface area contributed by atoms with Gasteiger partial charge in [0, 0.05) is 13.0 Å². The van der Waals surface area contributed by atoms with E-state index in [1.807, 2.05) is 36.9 Å². The number of carbonyl (C=O) groups is 2. The first kappa shape index (κ1) is 21.0. The first-order valence-electron chi connectivity index (χ1n) is 10.5. The Balaban J connectivity index is 1.76. The van der Waals surface area contributed by atoms with E-state index in [1.165, 1.54) is 5.56 Å². The molecule has 2 heterocycles. The van der Waals surface area contributed by atoms with E-state index in [4.69, 9.17) is 4.98 Å². The van der Waals surface area contributed by atoms with Gasteiger partial charge in [-0.3, -0.25) is 9.78 Å². The molecule has 1 aromatic carbocycles. The van der Waals surface area contributed by atoms with Crippen LogP contribution in [0.2, 0.25) is 0 Å². The van der Waals surface area contributed by atoms with Crippen LogP contribution in [0.1, 0.15) is 72.9 Å². The van der Waals surface area contributed by atoms with Crippen LogP contribution in [0.5, 0.6) is 0 Å². The monoisotopic (exact) mass is 394 g/mol. The summed E-state index contributed by atoms with van der Waals surface area (Å²) in [5.74, 6) is -0.463. The Bertz CT molecular complexity index is 848. The molecule has 154 valence electrons. The summed E-state index contributed by atoms with van der Waals surface area (Å²) in [6.07, 6.45) is 4.70. The molecule has 0 unspecified atom stereocenters. The first-order chi connectivity index (χ1) is 14.0. The molecule has 0 saturated carbocycles. The number of rotatable bonds is 8. The van der Waals surface area contributed by atoms with Crippen molar-refractivity contribution in [3.63, 3.8) is 0 Å². The van der Waals surface area contributed by atoms with Crippen molar-refractivity contribution in [1.29, 1.82) is 0 Å². The molecule has 1 saturated heterocycles. The molecule has 0 aliphatic carbocycles. The highest BCUT2D eigenvalue weighted by Crippen LogP contribution is 2.32. The average molecular weight is 395 g/mol. The third kappa shape index (κ3) is 5.43. The minimum atomic E-state index is -0.946. The van der Waals surface area contributed by atoms with E-state index >= 15 is 0 Å². The van der Waals surface area contributed by atoms with Crippen molar-refractivity contribution in [2.45, 2.75) is 58.4 Å². The second-order valence-electron chi connectivity index (χ2n) is 8.22. The van der Waals surface area contributed by atoms with Gasteiger partial charge in [0.15, 0.2) is 0 Å². The van der Waals surface area contributed by atoms with Gasteiger partial charge in [0.1, 0.15) is 0 Å². The number of likely N-dealkylation sites (tertiary alicyclic amines) is 1. The lowest BCUT2D eigenvalue weighted by Gasteiger charge is -2.25. The molecule has 1 aromatic heterocycles. The quantitative estimate of drug-likeness (QED) is 0.707. The summed E-state index contributed by atoms with van der Waals surface area (Å²) in [6.45, 7) is 4.85. The van der Waals surface area contributed by atoms with E-state index in [0.717, 1.165) is 37.9 Å². The Labute approximate surface area is 172 Å². The normalized spacial score (nSPS) is 16.4. The van der Waals surface area contributed by atoms with Gasteiger partial charge in [-0.15, -0.1) is 0 Å². The Morgan fingerprint density at radius 1 is 1.14 bits per heavy atom. The maximum absolute atomic E-state index is 12.6. The summed E-state index contributed by atoms with van der Waals surface area (Å²) in [7, 11) is 0. The summed E-state index contributed by atoms with van der Waals surface area (Å²) in [4.78, 5) is 31.0. The summed E-state index contributed by atoms with van der Waals surface area (Å²) < 4.78 is 0. The van der Waals surface area contributed by atoms with Gasteiger partial charge in [0.2, 0.25) is 5.91 Å². The summed E-state index contributed by atoms with van der Waals surface area (Å²) in [6, 6.07) is 13.6. The zero-order valence-corrected chi connectivity index (χ0v) is 17.3. The fourth-order valence-electron chi connectivity index (χ4n) is 4.03. The highest BCUT2D eigenvalue weighted by molar-refractivity contribution is 5.88. The Morgan fingerprint density at radius 2 is 1.90 bits per heavy atom. The van der Waals surface area contributed by atoms with Gasteiger partial charge in [-0.1, -0.05) is 44.2 Å². The number of carboxylic acid groups (broad SMARTS) is 1. The molecule has 1 aliphatic heterocycles. The topological polar surface area (TPSA) is 70.5 Å². The highest BCUT2D eigenvalue weighted by Gasteiger charge is 2.31. The third-order valence-corrected chi connectivity index (χ3v) is 5.45. The van der Waals surface area contributed by atoms with E-state index in [1.54, 1.807) is 12.1 Å². The minimum Gasteiger partial charge on any atom is -0.478 e. The molecule has 3 rings (SSSR count). The fraction of sp³-hybridized carbons (Fsp3) is 0.458. The number of hydrogen-bond donors (Lipinski definition) is 1. The number of carboxylic acids is 1. The molecule has 29 heavy (non-hydrogen) atoms. The van der Waals surface area contributed by atoms with Crippen LogP contribution in [0.3, 0.4) is 0 Å². The number of aromatic carboxylic acids is 1. The number of benzene rings is 1. The van der Waals surface area contributed by atoms with Crippen LogP contribution >= 0.6 is 0 Å². The molecule has 0 spiro atoms. The molecule has 1 aliphatic rings. The number of hydrogen-bond acceptors (Lipinski definition) is 3. The lowest BCUT2D eigenvalue weighted by molar-refractivity contribution is -0.133. The molecular formula is C24H30N2O3. The van der Waals surface area contributed by atoms with Gasteiger partial charge < -0.3 is 10.0 Å². The number of aryl methyl sites for hydroxylation is 2. The molecule has 0 bridgehead atoms. The Hall–Kier alpha value is -2.69. The van der Waals surface area contributed by atoms with E-state index in [0.29, 0.717) is 24.5 Å². The number of pyridine rings is 1. The molecule has 1 N–H and O–H groups in total. The Kier molecular flexibility index (Phi) is 7.02. The van der Waals surface area contributed by atoms with Crippen molar-refractivity contribution < 1.29 is 14.7 Å². The summed E-state index contributed by atoms with van der Waals surface area (Å²) >= 11 is 0. The zero-order valence-electron chi connectivity index (χ0n) is 17.3. The van der Waals surface area contributed by atoms with E-state index in [-0.39, 0.29) is 17.5 Å². The van der Waals surface area contributed by atoms with Crippen LogP contribution in [-0.4, -0.2) is 33.4 Å². The highest BCUT2D eigenvalue weighted by atomic mass is 16.4. The predicted molar refractivity (Wildman–Crippen MR) is 113 cm³/mol. The molecule has 1 fully saturated rings. The number of carbonyl (C=O) groups excluding carboxylic acids is 1. The SMILES string of the molecule is CC(C)CC(=O)N1CCC[C@@H]1c1ccc(C(=O)O)c(CCCc2ccccc2)n1. The third-order valence-electron chi connectivity index (χ3n) is 5.45. The van der Waals surface area contributed by atoms with Crippen molar-refractivity contribution in [3.8, 4) is 0 Å². The fourth-order valence-corrected chi connectivity index (χ4v) is 4.03. The zero-order chi connectivity index (χ0) is 20.8. The molecular weight excluding hydrogens is 364 g/mol. The smallest absolute Gasteiger partial charge is 0.337 e. The molecule has 5 heteroatoms. The van der Waals surface area contributed by atoms with Crippen molar-refractivity contribution in [1.82, 2.24) is 9.88 Å². The Morgan fingerprint density at radius 3 is 2.59 bits per heavy atom. The van der Waals surface area contributed by atoms with Gasteiger partial charge in [0.25, 0.3) is 0 Å². The lowest BCUT2D eigenvalue weighted by Crippen LogP contribution is -2.32.